The Morgan fingerprint density at radius 1 is 1.17 bits per heavy atom. The van der Waals surface area contributed by atoms with Crippen molar-refractivity contribution >= 4 is 0 Å². The molecule has 1 aromatic rings. The fourth-order valence-corrected chi connectivity index (χ4v) is 1.58. The molecule has 0 N–H and O–H groups in total. The zero-order valence-electron chi connectivity index (χ0n) is 12.5. The van der Waals surface area contributed by atoms with Gasteiger partial charge in [0.1, 0.15) is 6.26 Å². The van der Waals surface area contributed by atoms with Crippen LogP contribution in [0.3, 0.4) is 0 Å². The molecule has 0 aromatic carbocycles. The van der Waals surface area contributed by atoms with Crippen molar-refractivity contribution in [2.75, 3.05) is 41.3 Å². The van der Waals surface area contributed by atoms with Gasteiger partial charge < -0.3 is 9.32 Å². The molecule has 0 atom stereocenters. The second-order valence-electron chi connectivity index (χ2n) is 5.37. The lowest BCUT2D eigenvalue weighted by Gasteiger charge is -2.29. The first-order valence-corrected chi connectivity index (χ1v) is 6.41. The highest BCUT2D eigenvalue weighted by Crippen LogP contribution is 2.14. The first-order valence-electron chi connectivity index (χ1n) is 6.41. The number of nitrogens with zero attached hydrogens (tertiary/aromatic N) is 4. The van der Waals surface area contributed by atoms with E-state index in [-0.39, 0.29) is 0 Å². The summed E-state index contributed by atoms with van der Waals surface area (Å²) in [5.41, 5.74) is 0.992. The minimum Gasteiger partial charge on any atom is -0.448 e. The van der Waals surface area contributed by atoms with Crippen LogP contribution in [0.4, 0.5) is 0 Å². The van der Waals surface area contributed by atoms with Gasteiger partial charge >= 0.3 is 0 Å². The molecule has 0 saturated heterocycles. The molecule has 0 aliphatic heterocycles. The van der Waals surface area contributed by atoms with Gasteiger partial charge in [0.2, 0.25) is 0 Å². The third-order valence-corrected chi connectivity index (χ3v) is 2.78. The van der Waals surface area contributed by atoms with E-state index in [1.807, 2.05) is 0 Å². The van der Waals surface area contributed by atoms with Crippen LogP contribution in [0.15, 0.2) is 10.7 Å². The van der Waals surface area contributed by atoms with Crippen LogP contribution in [0.2, 0.25) is 0 Å². The maximum Gasteiger partial charge on any atom is 0.196 e. The zero-order valence-corrected chi connectivity index (χ0v) is 12.5. The van der Waals surface area contributed by atoms with Crippen LogP contribution >= 0.6 is 0 Å². The fraction of sp³-hybridized carbons (Fsp3) is 0.769. The molecule has 104 valence electrons. The second-order valence-corrected chi connectivity index (χ2v) is 5.37. The highest BCUT2D eigenvalue weighted by atomic mass is 16.3. The monoisotopic (exact) mass is 254 g/mol. The highest BCUT2D eigenvalue weighted by Gasteiger charge is 2.13. The van der Waals surface area contributed by atoms with Crippen molar-refractivity contribution in [1.82, 2.24) is 19.9 Å². The van der Waals surface area contributed by atoms with Crippen molar-refractivity contribution < 1.29 is 4.42 Å². The average molecular weight is 254 g/mol. The summed E-state index contributed by atoms with van der Waals surface area (Å²) >= 11 is 0. The molecule has 0 aliphatic carbocycles. The number of hydrogen-bond acceptors (Lipinski definition) is 5. The molecule has 1 rings (SSSR count). The molecular weight excluding hydrogens is 228 g/mol. The Morgan fingerprint density at radius 3 is 2.28 bits per heavy atom. The average Bonchev–Trinajstić information content (AvgIpc) is 2.71. The number of rotatable bonds is 7. The Morgan fingerprint density at radius 2 is 1.83 bits per heavy atom. The molecular formula is C13H26N4O. The third kappa shape index (κ3) is 4.76. The van der Waals surface area contributed by atoms with E-state index in [0.29, 0.717) is 5.92 Å². The van der Waals surface area contributed by atoms with Gasteiger partial charge in [-0.15, -0.1) is 0 Å². The Balaban J connectivity index is 2.59. The summed E-state index contributed by atoms with van der Waals surface area (Å²) in [6.07, 6.45) is 1.77. The number of oxazole rings is 1. The Kier molecular flexibility index (Phi) is 5.78. The van der Waals surface area contributed by atoms with Gasteiger partial charge in [0.25, 0.3) is 0 Å². The van der Waals surface area contributed by atoms with Crippen molar-refractivity contribution in [2.45, 2.75) is 26.3 Å². The van der Waals surface area contributed by atoms with Crippen LogP contribution in [-0.2, 0) is 6.54 Å². The van der Waals surface area contributed by atoms with E-state index in [9.17, 15) is 0 Å². The quantitative estimate of drug-likeness (QED) is 0.691. The Labute approximate surface area is 110 Å². The van der Waals surface area contributed by atoms with E-state index in [2.05, 4.69) is 61.9 Å². The van der Waals surface area contributed by atoms with Gasteiger partial charge in [-0.2, -0.15) is 0 Å². The number of aromatic nitrogens is 1. The van der Waals surface area contributed by atoms with Crippen molar-refractivity contribution in [2.24, 2.45) is 0 Å². The van der Waals surface area contributed by atoms with E-state index in [1.54, 1.807) is 6.26 Å². The maximum absolute atomic E-state index is 5.47. The van der Waals surface area contributed by atoms with E-state index in [4.69, 9.17) is 4.42 Å². The van der Waals surface area contributed by atoms with Crippen molar-refractivity contribution in [3.8, 4) is 0 Å². The highest BCUT2D eigenvalue weighted by molar-refractivity contribution is 4.99. The lowest BCUT2D eigenvalue weighted by Crippen LogP contribution is -2.40. The summed E-state index contributed by atoms with van der Waals surface area (Å²) in [6, 6.07) is 0. The van der Waals surface area contributed by atoms with E-state index in [1.165, 1.54) is 0 Å². The topological polar surface area (TPSA) is 35.8 Å². The van der Waals surface area contributed by atoms with Gasteiger partial charge in [0.05, 0.1) is 12.2 Å². The lowest BCUT2D eigenvalue weighted by atomic mass is 10.2. The molecule has 0 unspecified atom stereocenters. The molecule has 0 saturated carbocycles. The minimum atomic E-state index is 0.341. The van der Waals surface area contributed by atoms with Crippen LogP contribution in [-0.4, -0.2) is 61.2 Å². The molecule has 0 radical (unpaired) electrons. The second kappa shape index (κ2) is 6.87. The van der Waals surface area contributed by atoms with Gasteiger partial charge in [-0.3, -0.25) is 0 Å². The molecule has 5 nitrogen and oxygen atoms in total. The summed E-state index contributed by atoms with van der Waals surface area (Å²) in [5, 5.41) is 4.36. The predicted molar refractivity (Wildman–Crippen MR) is 73.2 cm³/mol. The van der Waals surface area contributed by atoms with E-state index in [0.717, 1.165) is 31.2 Å². The number of hydrogen-bond donors (Lipinski definition) is 0. The van der Waals surface area contributed by atoms with Crippen LogP contribution in [0.5, 0.6) is 0 Å². The minimum absolute atomic E-state index is 0.341. The largest absolute Gasteiger partial charge is 0.448 e. The van der Waals surface area contributed by atoms with Gasteiger partial charge in [-0.25, -0.2) is 15.0 Å². The van der Waals surface area contributed by atoms with Gasteiger partial charge in [0, 0.05) is 33.1 Å². The fourth-order valence-electron chi connectivity index (χ4n) is 1.58. The number of likely N-dealkylation sites (N-methyl/N-ethyl adjacent to an activating group) is 1. The molecule has 18 heavy (non-hydrogen) atoms. The van der Waals surface area contributed by atoms with Gasteiger partial charge in [-0.05, 0) is 14.1 Å². The first kappa shape index (κ1) is 15.1. The molecule has 0 fully saturated rings. The summed E-state index contributed by atoms with van der Waals surface area (Å²) < 4.78 is 5.47. The Hall–Kier alpha value is -0.910. The molecule has 0 amide bonds. The van der Waals surface area contributed by atoms with E-state index >= 15 is 0 Å². The summed E-state index contributed by atoms with van der Waals surface area (Å²) in [6.45, 7) is 6.96. The standard InChI is InChI=1S/C13H26N4O/c1-11(2)13-14-12(10-18-13)9-17(16(5)6)8-7-15(3)4/h10-11H,7-9H2,1-6H3. The maximum atomic E-state index is 5.47. The third-order valence-electron chi connectivity index (χ3n) is 2.78. The molecule has 1 aromatic heterocycles. The molecule has 0 bridgehead atoms. The van der Waals surface area contributed by atoms with Crippen molar-refractivity contribution in [3.05, 3.63) is 17.8 Å². The predicted octanol–water partition coefficient (Wildman–Crippen LogP) is 1.64. The van der Waals surface area contributed by atoms with Gasteiger partial charge in [0.15, 0.2) is 5.89 Å². The van der Waals surface area contributed by atoms with Crippen LogP contribution in [0.1, 0.15) is 31.4 Å². The Bertz CT molecular complexity index is 347. The van der Waals surface area contributed by atoms with E-state index < -0.39 is 0 Å². The van der Waals surface area contributed by atoms with Crippen LogP contribution < -0.4 is 0 Å². The smallest absolute Gasteiger partial charge is 0.196 e. The molecule has 0 spiro atoms. The van der Waals surface area contributed by atoms with Gasteiger partial charge in [-0.1, -0.05) is 13.8 Å². The summed E-state index contributed by atoms with van der Waals surface area (Å²) in [4.78, 5) is 6.69. The summed E-state index contributed by atoms with van der Waals surface area (Å²) in [7, 11) is 8.28. The molecule has 0 aliphatic rings. The van der Waals surface area contributed by atoms with Crippen molar-refractivity contribution in [3.63, 3.8) is 0 Å². The first-order chi connectivity index (χ1) is 8.40. The lowest BCUT2D eigenvalue weighted by molar-refractivity contribution is 0.00997. The summed E-state index contributed by atoms with van der Waals surface area (Å²) in [5.74, 6) is 1.16. The van der Waals surface area contributed by atoms with Crippen molar-refractivity contribution in [1.29, 1.82) is 0 Å². The molecule has 5 heteroatoms. The SMILES string of the molecule is CC(C)c1nc(CN(CCN(C)C)N(C)C)co1. The van der Waals surface area contributed by atoms with Crippen LogP contribution in [0.25, 0.3) is 0 Å². The normalized spacial score (nSPS) is 12.3. The van der Waals surface area contributed by atoms with Crippen LogP contribution in [0, 0.1) is 0 Å². The molecule has 1 heterocycles. The number of hydrazine groups is 1. The zero-order chi connectivity index (χ0) is 13.7.